The van der Waals surface area contributed by atoms with Gasteiger partial charge in [-0.25, -0.2) is 22.9 Å². The Bertz CT molecular complexity index is 1310. The predicted octanol–water partition coefficient (Wildman–Crippen LogP) is 3.82. The zero-order chi connectivity index (χ0) is 29.0. The van der Waals surface area contributed by atoms with E-state index in [2.05, 4.69) is 15.3 Å². The molecule has 3 heterocycles. The van der Waals surface area contributed by atoms with E-state index in [9.17, 15) is 22.8 Å². The number of ether oxygens (including phenoxy) is 1. The lowest BCUT2D eigenvalue weighted by atomic mass is 9.92. The monoisotopic (exact) mass is 599 g/mol. The number of esters is 1. The number of likely N-dealkylation sites (tertiary alicyclic amines) is 1. The number of hydrogen-bond acceptors (Lipinski definition) is 9. The molecule has 0 amide bonds. The van der Waals surface area contributed by atoms with Crippen LogP contribution in [0, 0.1) is 11.7 Å². The summed E-state index contributed by atoms with van der Waals surface area (Å²) in [5, 5.41) is 14.5. The molecule has 2 aliphatic heterocycles. The largest absolute Gasteiger partial charge is 0.480 e. The number of piperidine rings is 1. The minimum Gasteiger partial charge on any atom is -0.480 e. The second kappa shape index (κ2) is 12.7. The molecule has 40 heavy (non-hydrogen) atoms. The molecule has 2 atom stereocenters. The highest BCUT2D eigenvalue weighted by molar-refractivity contribution is 7.11. The molecule has 1 unspecified atom stereocenters. The van der Waals surface area contributed by atoms with E-state index < -0.39 is 42.2 Å². The van der Waals surface area contributed by atoms with Crippen LogP contribution < -0.4 is 5.32 Å². The first kappa shape index (κ1) is 30.0. The van der Waals surface area contributed by atoms with E-state index >= 15 is 0 Å². The molecule has 2 N–H and O–H groups in total. The minimum atomic E-state index is -3.03. The second-order valence-electron chi connectivity index (χ2n) is 9.81. The summed E-state index contributed by atoms with van der Waals surface area (Å²) in [5.74, 6) is -5.56. The van der Waals surface area contributed by atoms with Crippen molar-refractivity contribution in [3.63, 3.8) is 0 Å². The number of benzene rings is 1. The Labute approximate surface area is 238 Å². The molecule has 1 fully saturated rings. The molecule has 0 bridgehead atoms. The maximum atomic E-state index is 14.9. The number of carbonyl (C=O) groups excluding carboxylic acids is 1. The molecule has 0 aliphatic carbocycles. The van der Waals surface area contributed by atoms with Crippen LogP contribution in [0.2, 0.25) is 5.02 Å². The van der Waals surface area contributed by atoms with Gasteiger partial charge in [-0.2, -0.15) is 0 Å². The summed E-state index contributed by atoms with van der Waals surface area (Å²) in [5.41, 5.74) is 0.708. The normalized spacial score (nSPS) is 21.2. The molecule has 2 aromatic rings. The maximum Gasteiger partial charge on any atom is 0.338 e. The quantitative estimate of drug-likeness (QED) is 0.397. The Hall–Kier alpha value is -3.00. The molecular formula is C26H29ClF3N5O4S. The van der Waals surface area contributed by atoms with E-state index in [0.717, 1.165) is 6.07 Å². The highest BCUT2D eigenvalue weighted by Crippen LogP contribution is 2.38. The van der Waals surface area contributed by atoms with Gasteiger partial charge in [0.15, 0.2) is 10.8 Å². The third-order valence-corrected chi connectivity index (χ3v) is 7.54. The topological polar surface area (TPSA) is 107 Å². The number of thiazole rings is 1. The van der Waals surface area contributed by atoms with E-state index in [1.807, 2.05) is 0 Å². The molecule has 0 radical (unpaired) electrons. The van der Waals surface area contributed by atoms with Gasteiger partial charge in [-0.3, -0.25) is 19.6 Å². The Balaban J connectivity index is 1.73. The summed E-state index contributed by atoms with van der Waals surface area (Å²) in [6.45, 7) is 1.20. The number of aliphatic imine (C=N–C) groups is 1. The van der Waals surface area contributed by atoms with Crippen molar-refractivity contribution in [1.82, 2.24) is 20.1 Å². The summed E-state index contributed by atoms with van der Waals surface area (Å²) in [7, 11) is 1.57. The number of carboxylic acid groups (broad SMARTS) is 1. The van der Waals surface area contributed by atoms with Gasteiger partial charge >= 0.3 is 11.9 Å². The third kappa shape index (κ3) is 7.39. The van der Waals surface area contributed by atoms with Crippen molar-refractivity contribution in [3.05, 3.63) is 62.5 Å². The number of alkyl halides is 2. The molecule has 9 nitrogen and oxygen atoms in total. The van der Waals surface area contributed by atoms with Gasteiger partial charge in [-0.05, 0) is 32.0 Å². The van der Waals surface area contributed by atoms with Crippen molar-refractivity contribution >= 4 is 40.7 Å². The predicted molar refractivity (Wildman–Crippen MR) is 144 cm³/mol. The average Bonchev–Trinajstić information content (AvgIpc) is 3.37. The fourth-order valence-electron chi connectivity index (χ4n) is 5.08. The number of aliphatic carboxylic acids is 1. The lowest BCUT2D eigenvalue weighted by Gasteiger charge is -2.40. The molecule has 1 aromatic heterocycles. The standard InChI is InChI=1S/C26H29ClF3N5O4S/c1-3-39-25(38)21-19(12-35-11-15(9-26(29,30)14-35)10-34(2)13-20(36)37)32-23(24-31-6-7-40-24)33-22(21)17-5-4-16(28)8-18(17)27/h4-8,15,22H,3,9-14H2,1-2H3,(H,32,33)(H,36,37)/t15?,22-/m0/s1. The second-order valence-corrected chi connectivity index (χ2v) is 11.1. The first-order chi connectivity index (χ1) is 19.0. The smallest absolute Gasteiger partial charge is 0.338 e. The van der Waals surface area contributed by atoms with Crippen LogP contribution in [-0.2, 0) is 14.3 Å². The van der Waals surface area contributed by atoms with Crippen molar-refractivity contribution in [2.24, 2.45) is 10.9 Å². The van der Waals surface area contributed by atoms with Crippen LogP contribution in [0.1, 0.15) is 30.0 Å². The van der Waals surface area contributed by atoms with Crippen LogP contribution in [-0.4, -0.2) is 90.0 Å². The van der Waals surface area contributed by atoms with E-state index in [1.54, 1.807) is 25.5 Å². The number of carbonyl (C=O) groups is 2. The van der Waals surface area contributed by atoms with Crippen molar-refractivity contribution in [3.8, 4) is 0 Å². The van der Waals surface area contributed by atoms with Gasteiger partial charge in [0, 0.05) is 53.9 Å². The lowest BCUT2D eigenvalue weighted by molar-refractivity contribution is -0.139. The molecule has 2 aliphatic rings. The van der Waals surface area contributed by atoms with Crippen LogP contribution in [0.25, 0.3) is 0 Å². The fraction of sp³-hybridized carbons (Fsp3) is 0.462. The van der Waals surface area contributed by atoms with Crippen molar-refractivity contribution < 1.29 is 32.6 Å². The van der Waals surface area contributed by atoms with Gasteiger partial charge in [-0.1, -0.05) is 17.7 Å². The number of likely N-dealkylation sites (N-methyl/N-ethyl adjacent to an activating group) is 1. The molecule has 4 rings (SSSR count). The summed E-state index contributed by atoms with van der Waals surface area (Å²) in [6.07, 6.45) is 1.20. The molecule has 0 saturated carbocycles. The third-order valence-electron chi connectivity index (χ3n) is 6.43. The highest BCUT2D eigenvalue weighted by atomic mass is 35.5. The summed E-state index contributed by atoms with van der Waals surface area (Å²) < 4.78 is 49.0. The highest BCUT2D eigenvalue weighted by Gasteiger charge is 2.42. The van der Waals surface area contributed by atoms with Gasteiger partial charge in [-0.15, -0.1) is 11.3 Å². The van der Waals surface area contributed by atoms with Gasteiger partial charge in [0.1, 0.15) is 11.9 Å². The Morgan fingerprint density at radius 1 is 1.38 bits per heavy atom. The Kier molecular flexibility index (Phi) is 9.49. The van der Waals surface area contributed by atoms with Crippen LogP contribution >= 0.6 is 22.9 Å². The van der Waals surface area contributed by atoms with Crippen molar-refractivity contribution in [2.45, 2.75) is 25.3 Å². The first-order valence-corrected chi connectivity index (χ1v) is 13.8. The number of nitrogens with one attached hydrogen (secondary N) is 1. The first-order valence-electron chi connectivity index (χ1n) is 12.6. The zero-order valence-corrected chi connectivity index (χ0v) is 23.4. The zero-order valence-electron chi connectivity index (χ0n) is 21.9. The number of rotatable bonds is 10. The minimum absolute atomic E-state index is 0.0429. The van der Waals surface area contributed by atoms with Gasteiger partial charge in [0.2, 0.25) is 0 Å². The van der Waals surface area contributed by atoms with E-state index in [1.165, 1.54) is 33.3 Å². The molecule has 0 spiro atoms. The van der Waals surface area contributed by atoms with Crippen LogP contribution in [0.3, 0.4) is 0 Å². The number of aromatic nitrogens is 1. The molecule has 216 valence electrons. The van der Waals surface area contributed by atoms with E-state index in [-0.39, 0.29) is 49.8 Å². The van der Waals surface area contributed by atoms with Crippen LogP contribution in [0.4, 0.5) is 13.2 Å². The summed E-state index contributed by atoms with van der Waals surface area (Å²) in [6, 6.07) is 2.73. The van der Waals surface area contributed by atoms with Crippen molar-refractivity contribution in [1.29, 1.82) is 0 Å². The SMILES string of the molecule is CCOC(=O)C1=C(CN2CC(CN(C)CC(=O)O)CC(F)(F)C2)NC(c2nccs2)=N[C@H]1c1ccc(F)cc1Cl. The number of nitrogens with zero attached hydrogens (tertiary/aromatic N) is 4. The van der Waals surface area contributed by atoms with E-state index in [4.69, 9.17) is 21.4 Å². The van der Waals surface area contributed by atoms with Gasteiger partial charge in [0.25, 0.3) is 5.92 Å². The molecule has 1 saturated heterocycles. The Morgan fingerprint density at radius 2 is 2.15 bits per heavy atom. The van der Waals surface area contributed by atoms with Gasteiger partial charge in [0.05, 0.1) is 25.3 Å². The number of halogens is 4. The summed E-state index contributed by atoms with van der Waals surface area (Å²) >= 11 is 7.68. The maximum absolute atomic E-state index is 14.9. The average molecular weight is 600 g/mol. The number of carboxylic acids is 1. The molecule has 14 heteroatoms. The van der Waals surface area contributed by atoms with E-state index in [0.29, 0.717) is 22.1 Å². The fourth-order valence-corrected chi connectivity index (χ4v) is 5.94. The summed E-state index contributed by atoms with van der Waals surface area (Å²) in [4.78, 5) is 36.4. The molecular weight excluding hydrogens is 571 g/mol. The Morgan fingerprint density at radius 3 is 2.80 bits per heavy atom. The number of amidine groups is 1. The van der Waals surface area contributed by atoms with Gasteiger partial charge < -0.3 is 15.2 Å². The lowest BCUT2D eigenvalue weighted by Crippen LogP contribution is -2.51. The van der Waals surface area contributed by atoms with Crippen LogP contribution in [0.5, 0.6) is 0 Å². The number of hydrogen-bond donors (Lipinski definition) is 2. The van der Waals surface area contributed by atoms with Crippen molar-refractivity contribution in [2.75, 3.05) is 46.4 Å². The van der Waals surface area contributed by atoms with Crippen LogP contribution in [0.15, 0.2) is 46.0 Å². The molecule has 1 aromatic carbocycles.